The van der Waals surface area contributed by atoms with Crippen molar-refractivity contribution in [2.75, 3.05) is 35.8 Å². The average Bonchev–Trinajstić information content (AvgIpc) is 2.72. The van der Waals surface area contributed by atoms with Crippen LogP contribution in [0.2, 0.25) is 0 Å². The van der Waals surface area contributed by atoms with Gasteiger partial charge in [-0.3, -0.25) is 9.52 Å². The Morgan fingerprint density at radius 1 is 1.09 bits per heavy atom. The molecule has 8 heteroatoms. The summed E-state index contributed by atoms with van der Waals surface area (Å²) in [7, 11) is -3.85. The summed E-state index contributed by atoms with van der Waals surface area (Å²) in [5.41, 5.74) is 4.04. The van der Waals surface area contributed by atoms with E-state index in [1.807, 2.05) is 52.8 Å². The average molecular weight is 459 g/mol. The monoisotopic (exact) mass is 458 g/mol. The second-order valence-corrected chi connectivity index (χ2v) is 10.2. The van der Waals surface area contributed by atoms with Crippen LogP contribution in [0, 0.1) is 20.8 Å². The van der Waals surface area contributed by atoms with Gasteiger partial charge >= 0.3 is 0 Å². The fourth-order valence-electron chi connectivity index (χ4n) is 4.14. The number of rotatable bonds is 7. The zero-order valence-corrected chi connectivity index (χ0v) is 20.4. The van der Waals surface area contributed by atoms with Crippen LogP contribution in [0.15, 0.2) is 35.2 Å². The quantitative estimate of drug-likeness (QED) is 0.592. The number of nitrogens with zero attached hydrogens (tertiary/aromatic N) is 1. The van der Waals surface area contributed by atoms with E-state index < -0.39 is 10.0 Å². The van der Waals surface area contributed by atoms with E-state index in [-0.39, 0.29) is 16.8 Å². The predicted molar refractivity (Wildman–Crippen MR) is 130 cm³/mol. The van der Waals surface area contributed by atoms with E-state index in [0.29, 0.717) is 22.4 Å². The lowest BCUT2D eigenvalue weighted by molar-refractivity contribution is 0.0939. The van der Waals surface area contributed by atoms with Gasteiger partial charge in [-0.2, -0.15) is 0 Å². The molecule has 0 spiro atoms. The number of hydrogen-bond acceptors (Lipinski definition) is 5. The van der Waals surface area contributed by atoms with Gasteiger partial charge < -0.3 is 15.5 Å². The molecule has 1 aliphatic rings. The topological polar surface area (TPSA) is 90.5 Å². The zero-order chi connectivity index (χ0) is 23.5. The molecule has 1 heterocycles. The summed E-state index contributed by atoms with van der Waals surface area (Å²) < 4.78 is 29.7. The maximum Gasteiger partial charge on any atom is 0.262 e. The number of aryl methyl sites for hydroxylation is 3. The summed E-state index contributed by atoms with van der Waals surface area (Å²) in [5, 5.41) is 6.26. The van der Waals surface area contributed by atoms with Gasteiger partial charge in [-0.15, -0.1) is 0 Å². The van der Waals surface area contributed by atoms with Gasteiger partial charge in [-0.05, 0) is 63.4 Å². The third-order valence-corrected chi connectivity index (χ3v) is 7.49. The van der Waals surface area contributed by atoms with Gasteiger partial charge in [0.1, 0.15) is 0 Å². The van der Waals surface area contributed by atoms with Crippen molar-refractivity contribution in [3.63, 3.8) is 0 Å². The second kappa shape index (κ2) is 9.92. The smallest absolute Gasteiger partial charge is 0.262 e. The lowest BCUT2D eigenvalue weighted by atomic mass is 10.1. The second-order valence-electron chi connectivity index (χ2n) is 8.59. The highest BCUT2D eigenvalue weighted by Crippen LogP contribution is 2.31. The fraction of sp³-hybridized carbons (Fsp3) is 0.458. The third kappa shape index (κ3) is 5.42. The van der Waals surface area contributed by atoms with Crippen LogP contribution in [0.25, 0.3) is 0 Å². The Balaban J connectivity index is 2.03. The van der Waals surface area contributed by atoms with E-state index in [0.717, 1.165) is 43.9 Å². The van der Waals surface area contributed by atoms with Gasteiger partial charge in [-0.1, -0.05) is 24.6 Å². The molecule has 0 saturated carbocycles. The van der Waals surface area contributed by atoms with Gasteiger partial charge in [0.15, 0.2) is 0 Å². The Labute approximate surface area is 191 Å². The number of anilines is 2. The summed E-state index contributed by atoms with van der Waals surface area (Å²) in [6.07, 6.45) is 0.816. The number of carbonyl (C=O) groups excluding carboxylic acids is 1. The predicted octanol–water partition coefficient (Wildman–Crippen LogP) is 3.35. The molecule has 1 aliphatic heterocycles. The van der Waals surface area contributed by atoms with Crippen LogP contribution >= 0.6 is 0 Å². The van der Waals surface area contributed by atoms with Crippen LogP contribution in [0.3, 0.4) is 0 Å². The summed E-state index contributed by atoms with van der Waals surface area (Å²) in [4.78, 5) is 15.1. The summed E-state index contributed by atoms with van der Waals surface area (Å²) >= 11 is 0. The Hall–Kier alpha value is -2.58. The molecule has 7 nitrogen and oxygen atoms in total. The maximum atomic E-state index is 13.5. The van der Waals surface area contributed by atoms with E-state index in [4.69, 9.17) is 0 Å². The molecule has 32 heavy (non-hydrogen) atoms. The van der Waals surface area contributed by atoms with Crippen LogP contribution < -0.4 is 20.3 Å². The number of amides is 1. The van der Waals surface area contributed by atoms with Crippen molar-refractivity contribution in [3.05, 3.63) is 52.6 Å². The van der Waals surface area contributed by atoms with Crippen molar-refractivity contribution >= 4 is 27.3 Å². The Bertz CT molecular complexity index is 1070. The largest absolute Gasteiger partial charge is 0.367 e. The highest BCUT2D eigenvalue weighted by atomic mass is 32.2. The first-order chi connectivity index (χ1) is 15.1. The number of piperazine rings is 1. The summed E-state index contributed by atoms with van der Waals surface area (Å²) in [6.45, 7) is 12.7. The molecule has 1 fully saturated rings. The van der Waals surface area contributed by atoms with Crippen LogP contribution in [-0.2, 0) is 10.0 Å². The van der Waals surface area contributed by atoms with Crippen LogP contribution in [0.1, 0.15) is 47.3 Å². The minimum atomic E-state index is -3.85. The van der Waals surface area contributed by atoms with Crippen LogP contribution in [0.4, 0.5) is 11.4 Å². The molecule has 1 amide bonds. The van der Waals surface area contributed by atoms with Crippen molar-refractivity contribution in [2.24, 2.45) is 0 Å². The molecule has 0 aromatic heterocycles. The number of nitrogens with one attached hydrogen (secondary N) is 3. The highest BCUT2D eigenvalue weighted by molar-refractivity contribution is 7.92. The van der Waals surface area contributed by atoms with Crippen molar-refractivity contribution in [1.29, 1.82) is 0 Å². The van der Waals surface area contributed by atoms with Crippen molar-refractivity contribution in [2.45, 2.75) is 52.0 Å². The van der Waals surface area contributed by atoms with Gasteiger partial charge in [0.05, 0.1) is 16.3 Å². The van der Waals surface area contributed by atoms with E-state index in [9.17, 15) is 13.2 Å². The Morgan fingerprint density at radius 3 is 2.31 bits per heavy atom. The molecule has 0 aliphatic carbocycles. The zero-order valence-electron chi connectivity index (χ0n) is 19.6. The van der Waals surface area contributed by atoms with E-state index in [1.165, 1.54) is 0 Å². The molecule has 2 aromatic carbocycles. The molecule has 1 atom stereocenters. The standard InChI is InChI=1S/C24H34N4O3S/c1-6-19(5)26-24(29)20-7-8-22(28-11-9-25-10-12-28)21(15-20)27-32(30,31)23-17(3)13-16(2)14-18(23)4/h7-8,13-15,19,25,27H,6,9-12H2,1-5H3,(H,26,29)/t19-/m1/s1. The molecule has 0 radical (unpaired) electrons. The third-order valence-electron chi connectivity index (χ3n) is 5.82. The van der Waals surface area contributed by atoms with Gasteiger partial charge in [-0.25, -0.2) is 8.42 Å². The molecular formula is C24H34N4O3S. The molecule has 174 valence electrons. The van der Waals surface area contributed by atoms with Crippen molar-refractivity contribution in [1.82, 2.24) is 10.6 Å². The first-order valence-corrected chi connectivity index (χ1v) is 12.6. The number of benzene rings is 2. The minimum Gasteiger partial charge on any atom is -0.367 e. The van der Waals surface area contributed by atoms with Crippen molar-refractivity contribution < 1.29 is 13.2 Å². The first kappa shape index (κ1) is 24.1. The number of hydrogen-bond donors (Lipinski definition) is 3. The lowest BCUT2D eigenvalue weighted by Gasteiger charge is -2.31. The molecule has 3 rings (SSSR count). The molecular weight excluding hydrogens is 424 g/mol. The van der Waals surface area contributed by atoms with E-state index >= 15 is 0 Å². The molecule has 1 saturated heterocycles. The van der Waals surface area contributed by atoms with Crippen molar-refractivity contribution in [3.8, 4) is 0 Å². The van der Waals surface area contributed by atoms with Gasteiger partial charge in [0, 0.05) is 37.8 Å². The molecule has 0 bridgehead atoms. The summed E-state index contributed by atoms with van der Waals surface area (Å²) in [6, 6.07) is 9.02. The SMILES string of the molecule is CC[C@@H](C)NC(=O)c1ccc(N2CCNCC2)c(NS(=O)(=O)c2c(C)cc(C)cc2C)c1. The lowest BCUT2D eigenvalue weighted by Crippen LogP contribution is -2.43. The highest BCUT2D eigenvalue weighted by Gasteiger charge is 2.24. The minimum absolute atomic E-state index is 0.0355. The maximum absolute atomic E-state index is 13.5. The number of sulfonamides is 1. The van der Waals surface area contributed by atoms with Gasteiger partial charge in [0.25, 0.3) is 15.9 Å². The van der Waals surface area contributed by atoms with E-state index in [2.05, 4.69) is 20.3 Å². The van der Waals surface area contributed by atoms with Crippen LogP contribution in [-0.4, -0.2) is 46.5 Å². The fourth-order valence-corrected chi connectivity index (χ4v) is 5.66. The van der Waals surface area contributed by atoms with Gasteiger partial charge in [0.2, 0.25) is 0 Å². The number of carbonyl (C=O) groups is 1. The first-order valence-electron chi connectivity index (χ1n) is 11.1. The van der Waals surface area contributed by atoms with Crippen LogP contribution in [0.5, 0.6) is 0 Å². The molecule has 3 N–H and O–H groups in total. The van der Waals surface area contributed by atoms with E-state index in [1.54, 1.807) is 12.1 Å². The summed E-state index contributed by atoms with van der Waals surface area (Å²) in [5.74, 6) is -0.214. The Kier molecular flexibility index (Phi) is 7.46. The molecule has 0 unspecified atom stereocenters. The molecule has 2 aromatic rings. The normalized spacial score (nSPS) is 15.3. The Morgan fingerprint density at radius 2 is 1.72 bits per heavy atom.